The third-order valence-corrected chi connectivity index (χ3v) is 16.7. The molecule has 0 aliphatic heterocycles. The van der Waals surface area contributed by atoms with E-state index in [-0.39, 0.29) is 31.1 Å². The van der Waals surface area contributed by atoms with E-state index in [1.807, 2.05) is 0 Å². The van der Waals surface area contributed by atoms with Gasteiger partial charge in [0, 0.05) is 19.3 Å². The molecule has 0 amide bonds. The molecule has 0 aliphatic rings. The molecule has 0 saturated heterocycles. The maximum absolute atomic E-state index is 12.9. The summed E-state index contributed by atoms with van der Waals surface area (Å²) >= 11 is 0. The Kier molecular flexibility index (Phi) is 67.6. The largest absolute Gasteiger partial charge is 0.462 e. The Morgan fingerprint density at radius 2 is 0.412 bits per heavy atom. The summed E-state index contributed by atoms with van der Waals surface area (Å²) in [6.45, 7) is 6.68. The molecule has 0 spiro atoms. The van der Waals surface area contributed by atoms with Gasteiger partial charge in [0.2, 0.25) is 0 Å². The maximum Gasteiger partial charge on any atom is 0.306 e. The first-order valence-electron chi connectivity index (χ1n) is 36.3. The average molecular weight is 1130 g/mol. The first kappa shape index (κ1) is 77.9. The summed E-state index contributed by atoms with van der Waals surface area (Å²) in [5, 5.41) is 0. The maximum atomic E-state index is 12.9. The van der Waals surface area contributed by atoms with Crippen molar-refractivity contribution in [2.75, 3.05) is 13.2 Å². The van der Waals surface area contributed by atoms with Gasteiger partial charge in [-0.05, 0) is 70.6 Å². The molecule has 0 aromatic carbocycles. The summed E-state index contributed by atoms with van der Waals surface area (Å²) in [7, 11) is 0. The van der Waals surface area contributed by atoms with Gasteiger partial charge < -0.3 is 14.2 Å². The topological polar surface area (TPSA) is 78.9 Å². The number of rotatable bonds is 68. The van der Waals surface area contributed by atoms with E-state index in [9.17, 15) is 14.4 Å². The van der Waals surface area contributed by atoms with Gasteiger partial charge in [0.1, 0.15) is 13.2 Å². The molecule has 0 saturated carbocycles. The van der Waals surface area contributed by atoms with Crippen LogP contribution in [-0.2, 0) is 28.6 Å². The van der Waals surface area contributed by atoms with Gasteiger partial charge in [0.15, 0.2) is 6.10 Å². The van der Waals surface area contributed by atoms with Crippen LogP contribution in [0.1, 0.15) is 412 Å². The average Bonchev–Trinajstić information content (AvgIpc) is 3.46. The monoisotopic (exact) mass is 1130 g/mol. The van der Waals surface area contributed by atoms with Gasteiger partial charge in [0.05, 0.1) is 0 Å². The zero-order valence-electron chi connectivity index (χ0n) is 54.4. The molecule has 1 atom stereocenters. The smallest absolute Gasteiger partial charge is 0.306 e. The van der Waals surface area contributed by atoms with Crippen LogP contribution in [-0.4, -0.2) is 37.2 Å². The highest BCUT2D eigenvalue weighted by molar-refractivity contribution is 5.71. The van der Waals surface area contributed by atoms with Crippen molar-refractivity contribution in [2.24, 2.45) is 0 Å². The van der Waals surface area contributed by atoms with Crippen LogP contribution in [0.15, 0.2) is 24.3 Å². The Morgan fingerprint density at radius 1 is 0.237 bits per heavy atom. The van der Waals surface area contributed by atoms with Crippen molar-refractivity contribution in [3.8, 4) is 0 Å². The van der Waals surface area contributed by atoms with Crippen molar-refractivity contribution >= 4 is 17.9 Å². The Bertz CT molecular complexity index is 1290. The molecule has 0 bridgehead atoms. The predicted octanol–water partition coefficient (Wildman–Crippen LogP) is 25.0. The quantitative estimate of drug-likeness (QED) is 0.0261. The molecule has 472 valence electrons. The predicted molar refractivity (Wildman–Crippen MR) is 349 cm³/mol. The van der Waals surface area contributed by atoms with Crippen LogP contribution in [0.25, 0.3) is 0 Å². The zero-order valence-corrected chi connectivity index (χ0v) is 54.4. The van der Waals surface area contributed by atoms with E-state index in [4.69, 9.17) is 14.2 Å². The minimum Gasteiger partial charge on any atom is -0.462 e. The molecule has 0 radical (unpaired) electrons. The number of hydrogen-bond acceptors (Lipinski definition) is 6. The SMILES string of the molecule is CCCCCCC/C=C\CCCCCCCC(=O)OCC(COC(=O)CCCCCCCCCCCCCCCCCCCCCCCCCCCCCCCCCCC)OC(=O)CCCCCCC/C=C\CCCCCCCC. The minimum atomic E-state index is -0.777. The summed E-state index contributed by atoms with van der Waals surface area (Å²) in [5.74, 6) is -0.862. The molecule has 0 aliphatic carbocycles. The van der Waals surface area contributed by atoms with Crippen molar-refractivity contribution in [2.45, 2.75) is 419 Å². The highest BCUT2D eigenvalue weighted by Gasteiger charge is 2.19. The summed E-state index contributed by atoms with van der Waals surface area (Å²) in [6, 6.07) is 0. The number of carbonyl (C=O) groups excluding carboxylic acids is 3. The second-order valence-electron chi connectivity index (χ2n) is 24.9. The molecule has 0 aromatic rings. The summed E-state index contributed by atoms with van der Waals surface area (Å²) in [5.41, 5.74) is 0. The first-order valence-corrected chi connectivity index (χ1v) is 36.3. The second-order valence-corrected chi connectivity index (χ2v) is 24.9. The van der Waals surface area contributed by atoms with Gasteiger partial charge in [-0.15, -0.1) is 0 Å². The Hall–Kier alpha value is -2.11. The lowest BCUT2D eigenvalue weighted by molar-refractivity contribution is -0.167. The van der Waals surface area contributed by atoms with Crippen LogP contribution < -0.4 is 0 Å². The number of carbonyl (C=O) groups is 3. The van der Waals surface area contributed by atoms with Crippen molar-refractivity contribution < 1.29 is 28.6 Å². The van der Waals surface area contributed by atoms with Gasteiger partial charge in [-0.2, -0.15) is 0 Å². The van der Waals surface area contributed by atoms with Crippen LogP contribution in [0.3, 0.4) is 0 Å². The fraction of sp³-hybridized carbons (Fsp3) is 0.905. The van der Waals surface area contributed by atoms with Gasteiger partial charge in [-0.25, -0.2) is 0 Å². The van der Waals surface area contributed by atoms with E-state index >= 15 is 0 Å². The minimum absolute atomic E-state index is 0.0722. The molecule has 80 heavy (non-hydrogen) atoms. The molecule has 1 unspecified atom stereocenters. The van der Waals surface area contributed by atoms with Crippen LogP contribution >= 0.6 is 0 Å². The number of allylic oxidation sites excluding steroid dienone is 4. The lowest BCUT2D eigenvalue weighted by Gasteiger charge is -2.18. The molecule has 0 aromatic heterocycles. The van der Waals surface area contributed by atoms with Crippen molar-refractivity contribution in [1.29, 1.82) is 0 Å². The fourth-order valence-electron chi connectivity index (χ4n) is 11.2. The van der Waals surface area contributed by atoms with Gasteiger partial charge >= 0.3 is 17.9 Å². The zero-order chi connectivity index (χ0) is 57.8. The third kappa shape index (κ3) is 66.7. The number of esters is 3. The van der Waals surface area contributed by atoms with E-state index in [1.165, 1.54) is 302 Å². The number of hydrogen-bond donors (Lipinski definition) is 0. The van der Waals surface area contributed by atoms with Gasteiger partial charge in [-0.1, -0.05) is 347 Å². The highest BCUT2D eigenvalue weighted by Crippen LogP contribution is 2.19. The fourth-order valence-corrected chi connectivity index (χ4v) is 11.2. The Labute approximate surface area is 500 Å². The first-order chi connectivity index (χ1) is 39.5. The highest BCUT2D eigenvalue weighted by atomic mass is 16.6. The van der Waals surface area contributed by atoms with E-state index in [0.717, 1.165) is 70.6 Å². The van der Waals surface area contributed by atoms with Crippen molar-refractivity contribution in [3.63, 3.8) is 0 Å². The molecule has 0 heterocycles. The standard InChI is InChI=1S/C74H140O6/c1-4-7-10-13-16-19-22-25-28-29-30-31-32-33-34-35-36-37-38-39-40-41-42-43-44-45-47-49-52-55-58-61-64-67-73(76)79-70-71(69-78-72(75)66-63-60-57-54-51-48-27-24-21-18-15-12-9-6-3)80-74(77)68-65-62-59-56-53-50-46-26-23-20-17-14-11-8-5-2/h24,26-27,46,71H,4-23,25,28-45,47-70H2,1-3H3/b27-24-,46-26-. The van der Waals surface area contributed by atoms with E-state index in [0.29, 0.717) is 19.3 Å². The van der Waals surface area contributed by atoms with E-state index in [2.05, 4.69) is 45.1 Å². The summed E-state index contributed by atoms with van der Waals surface area (Å²) in [4.78, 5) is 38.3. The molecule has 0 N–H and O–H groups in total. The third-order valence-electron chi connectivity index (χ3n) is 16.7. The molecule has 0 rings (SSSR count). The summed E-state index contributed by atoms with van der Waals surface area (Å²) in [6.07, 6.45) is 85.2. The van der Waals surface area contributed by atoms with E-state index in [1.54, 1.807) is 0 Å². The molecular weight excluding hydrogens is 985 g/mol. The molecule has 6 heteroatoms. The molecular formula is C74H140O6. The van der Waals surface area contributed by atoms with Crippen LogP contribution in [0, 0.1) is 0 Å². The lowest BCUT2D eigenvalue weighted by atomic mass is 10.0. The summed E-state index contributed by atoms with van der Waals surface area (Å²) < 4.78 is 17.0. The van der Waals surface area contributed by atoms with Gasteiger partial charge in [0.25, 0.3) is 0 Å². The lowest BCUT2D eigenvalue weighted by Crippen LogP contribution is -2.30. The van der Waals surface area contributed by atoms with Crippen LogP contribution in [0.2, 0.25) is 0 Å². The molecule has 6 nitrogen and oxygen atoms in total. The normalized spacial score (nSPS) is 12.1. The second kappa shape index (κ2) is 69.4. The van der Waals surface area contributed by atoms with Gasteiger partial charge in [-0.3, -0.25) is 14.4 Å². The van der Waals surface area contributed by atoms with Crippen molar-refractivity contribution in [1.82, 2.24) is 0 Å². The number of ether oxygens (including phenoxy) is 3. The molecule has 0 fully saturated rings. The van der Waals surface area contributed by atoms with Crippen molar-refractivity contribution in [3.05, 3.63) is 24.3 Å². The number of unbranched alkanes of at least 4 members (excludes halogenated alkanes) is 53. The Balaban J connectivity index is 4.08. The van der Waals surface area contributed by atoms with Crippen LogP contribution in [0.5, 0.6) is 0 Å². The van der Waals surface area contributed by atoms with E-state index < -0.39 is 6.10 Å². The Morgan fingerprint density at radius 3 is 0.625 bits per heavy atom. The van der Waals surface area contributed by atoms with Crippen LogP contribution in [0.4, 0.5) is 0 Å².